The lowest BCUT2D eigenvalue weighted by molar-refractivity contribution is 0.0957. The maximum absolute atomic E-state index is 12.4. The van der Waals surface area contributed by atoms with Crippen LogP contribution in [0.1, 0.15) is 15.9 Å². The highest BCUT2D eigenvalue weighted by molar-refractivity contribution is 9.10. The first-order valence-electron chi connectivity index (χ1n) is 7.34. The molecule has 3 aromatic carbocycles. The molecule has 0 saturated carbocycles. The number of nitrogens with one attached hydrogen (secondary N) is 1. The molecule has 0 saturated heterocycles. The normalized spacial score (nSPS) is 10.9. The van der Waals surface area contributed by atoms with Crippen molar-refractivity contribution < 1.29 is 9.53 Å². The summed E-state index contributed by atoms with van der Waals surface area (Å²) in [6, 6.07) is 19.0. The van der Waals surface area contributed by atoms with Gasteiger partial charge in [-0.1, -0.05) is 52.3 Å². The van der Waals surface area contributed by atoms with Gasteiger partial charge < -0.3 is 4.74 Å². The second kappa shape index (κ2) is 7.27. The van der Waals surface area contributed by atoms with Gasteiger partial charge in [0.05, 0.1) is 13.3 Å². The number of hydrazone groups is 1. The van der Waals surface area contributed by atoms with Crippen molar-refractivity contribution >= 4 is 38.8 Å². The maximum atomic E-state index is 12.4. The molecule has 0 aliphatic rings. The van der Waals surface area contributed by atoms with Gasteiger partial charge in [-0.15, -0.1) is 0 Å². The molecule has 0 aliphatic heterocycles. The summed E-state index contributed by atoms with van der Waals surface area (Å²) in [5.41, 5.74) is 3.93. The molecule has 0 radical (unpaired) electrons. The number of carbonyl (C=O) groups is 1. The summed E-state index contributed by atoms with van der Waals surface area (Å²) in [7, 11) is 1.59. The Bertz CT molecular complexity index is 917. The second-order valence-corrected chi connectivity index (χ2v) is 6.03. The Morgan fingerprint density at radius 3 is 2.75 bits per heavy atom. The van der Waals surface area contributed by atoms with Crippen molar-refractivity contribution in [2.75, 3.05) is 7.11 Å². The van der Waals surface area contributed by atoms with Crippen LogP contribution >= 0.6 is 15.9 Å². The van der Waals surface area contributed by atoms with Crippen LogP contribution in [0, 0.1) is 0 Å². The van der Waals surface area contributed by atoms with E-state index in [4.69, 9.17) is 4.74 Å². The first-order valence-corrected chi connectivity index (χ1v) is 8.13. The van der Waals surface area contributed by atoms with Gasteiger partial charge in [0.25, 0.3) is 5.91 Å². The van der Waals surface area contributed by atoms with Crippen LogP contribution < -0.4 is 10.2 Å². The van der Waals surface area contributed by atoms with E-state index < -0.39 is 0 Å². The third kappa shape index (κ3) is 3.46. The number of nitrogens with zero attached hydrogens (tertiary/aromatic N) is 1. The Morgan fingerprint density at radius 2 is 1.92 bits per heavy atom. The summed E-state index contributed by atoms with van der Waals surface area (Å²) in [4.78, 5) is 12.4. The number of rotatable bonds is 4. The molecule has 0 aromatic heterocycles. The molecule has 1 amide bonds. The molecule has 3 aromatic rings. The van der Waals surface area contributed by atoms with E-state index in [1.54, 1.807) is 19.4 Å². The van der Waals surface area contributed by atoms with Crippen LogP contribution in [0.3, 0.4) is 0 Å². The van der Waals surface area contributed by atoms with Gasteiger partial charge in [0.15, 0.2) is 0 Å². The molecule has 24 heavy (non-hydrogen) atoms. The fraction of sp³-hybridized carbons (Fsp3) is 0.0526. The Kier molecular flexibility index (Phi) is 4.91. The lowest BCUT2D eigenvalue weighted by atomic mass is 10.0. The van der Waals surface area contributed by atoms with Crippen molar-refractivity contribution in [2.45, 2.75) is 0 Å². The van der Waals surface area contributed by atoms with Gasteiger partial charge in [-0.2, -0.15) is 5.10 Å². The second-order valence-electron chi connectivity index (χ2n) is 5.11. The standard InChI is InChI=1S/C19H15BrN2O2/c1-24-18-10-9-15(20)11-14(18)12-21-22-19(23)17-8-4-6-13-5-2-3-7-16(13)17/h2-12H,1H3,(H,22,23)/b21-12+. The minimum absolute atomic E-state index is 0.253. The Labute approximate surface area is 148 Å². The summed E-state index contributed by atoms with van der Waals surface area (Å²) in [5, 5.41) is 5.96. The third-order valence-electron chi connectivity index (χ3n) is 3.60. The van der Waals surface area contributed by atoms with Gasteiger partial charge in [-0.3, -0.25) is 4.79 Å². The van der Waals surface area contributed by atoms with Gasteiger partial charge in [0.2, 0.25) is 0 Å². The highest BCUT2D eigenvalue weighted by Crippen LogP contribution is 2.21. The molecule has 0 heterocycles. The van der Waals surface area contributed by atoms with Crippen LogP contribution in [0.4, 0.5) is 0 Å². The first-order chi connectivity index (χ1) is 11.7. The van der Waals surface area contributed by atoms with Gasteiger partial charge in [0.1, 0.15) is 5.75 Å². The van der Waals surface area contributed by atoms with Crippen LogP contribution in [0.15, 0.2) is 70.2 Å². The number of benzene rings is 3. The number of carbonyl (C=O) groups excluding carboxylic acids is 1. The van der Waals surface area contributed by atoms with Gasteiger partial charge in [-0.25, -0.2) is 5.43 Å². The summed E-state index contributed by atoms with van der Waals surface area (Å²) in [5.74, 6) is 0.429. The molecular formula is C19H15BrN2O2. The largest absolute Gasteiger partial charge is 0.496 e. The van der Waals surface area contributed by atoms with Crippen LogP contribution in [-0.4, -0.2) is 19.2 Å². The van der Waals surface area contributed by atoms with E-state index in [1.165, 1.54) is 0 Å². The number of methoxy groups -OCH3 is 1. The van der Waals surface area contributed by atoms with Crippen LogP contribution in [-0.2, 0) is 0 Å². The highest BCUT2D eigenvalue weighted by Gasteiger charge is 2.08. The number of hydrogen-bond acceptors (Lipinski definition) is 3. The monoisotopic (exact) mass is 382 g/mol. The van der Waals surface area contributed by atoms with Gasteiger partial charge in [0, 0.05) is 15.6 Å². The average Bonchev–Trinajstić information content (AvgIpc) is 2.61. The Morgan fingerprint density at radius 1 is 1.12 bits per heavy atom. The topological polar surface area (TPSA) is 50.7 Å². The lowest BCUT2D eigenvalue weighted by Gasteiger charge is -2.06. The fourth-order valence-corrected chi connectivity index (χ4v) is 2.83. The average molecular weight is 383 g/mol. The fourth-order valence-electron chi connectivity index (χ4n) is 2.45. The number of fused-ring (bicyclic) bond motifs is 1. The van der Waals surface area contributed by atoms with E-state index in [2.05, 4.69) is 26.5 Å². The zero-order valence-electron chi connectivity index (χ0n) is 13.0. The quantitative estimate of drug-likeness (QED) is 0.537. The van der Waals surface area contributed by atoms with Gasteiger partial charge >= 0.3 is 0 Å². The first kappa shape index (κ1) is 16.2. The smallest absolute Gasteiger partial charge is 0.271 e. The van der Waals surface area contributed by atoms with Crippen LogP contribution in [0.2, 0.25) is 0 Å². The van der Waals surface area contributed by atoms with Crippen molar-refractivity contribution in [1.29, 1.82) is 0 Å². The molecule has 4 nitrogen and oxygen atoms in total. The van der Waals surface area contributed by atoms with Crippen LogP contribution in [0.25, 0.3) is 10.8 Å². The Hall–Kier alpha value is -2.66. The van der Waals surface area contributed by atoms with Crippen molar-refractivity contribution in [2.24, 2.45) is 5.10 Å². The van der Waals surface area contributed by atoms with E-state index >= 15 is 0 Å². The third-order valence-corrected chi connectivity index (χ3v) is 4.09. The summed E-state index contributed by atoms with van der Waals surface area (Å²) < 4.78 is 6.18. The van der Waals surface area contributed by atoms with E-state index in [9.17, 15) is 4.79 Å². The van der Waals surface area contributed by atoms with Crippen LogP contribution in [0.5, 0.6) is 5.75 Å². The molecule has 0 atom stereocenters. The van der Waals surface area contributed by atoms with E-state index in [0.29, 0.717) is 11.3 Å². The SMILES string of the molecule is COc1ccc(Br)cc1/C=N/NC(=O)c1cccc2ccccc12. The molecular weight excluding hydrogens is 368 g/mol. The molecule has 1 N–H and O–H groups in total. The van der Waals surface area contributed by atoms with Crippen molar-refractivity contribution in [3.8, 4) is 5.75 Å². The van der Waals surface area contributed by atoms with Crippen molar-refractivity contribution in [3.63, 3.8) is 0 Å². The van der Waals surface area contributed by atoms with Gasteiger partial charge in [-0.05, 0) is 35.0 Å². The number of halogens is 1. The minimum Gasteiger partial charge on any atom is -0.496 e. The van der Waals surface area contributed by atoms with Crippen molar-refractivity contribution in [3.05, 3.63) is 76.3 Å². The molecule has 0 bridgehead atoms. The molecule has 5 heteroatoms. The number of ether oxygens (including phenoxy) is 1. The molecule has 0 spiro atoms. The summed E-state index contributed by atoms with van der Waals surface area (Å²) >= 11 is 3.41. The summed E-state index contributed by atoms with van der Waals surface area (Å²) in [6.07, 6.45) is 1.56. The molecule has 0 fully saturated rings. The van der Waals surface area contributed by atoms with E-state index in [0.717, 1.165) is 20.8 Å². The summed E-state index contributed by atoms with van der Waals surface area (Å²) in [6.45, 7) is 0. The zero-order chi connectivity index (χ0) is 16.9. The lowest BCUT2D eigenvalue weighted by Crippen LogP contribution is -2.18. The maximum Gasteiger partial charge on any atom is 0.271 e. The molecule has 0 unspecified atom stereocenters. The highest BCUT2D eigenvalue weighted by atomic mass is 79.9. The predicted molar refractivity (Wildman–Crippen MR) is 99.7 cm³/mol. The Balaban J connectivity index is 1.81. The minimum atomic E-state index is -0.253. The van der Waals surface area contributed by atoms with E-state index in [1.807, 2.05) is 54.6 Å². The molecule has 3 rings (SSSR count). The molecule has 120 valence electrons. The molecule has 0 aliphatic carbocycles. The number of amides is 1. The zero-order valence-corrected chi connectivity index (χ0v) is 14.6. The predicted octanol–water partition coefficient (Wildman–Crippen LogP) is 4.37. The van der Waals surface area contributed by atoms with Crippen molar-refractivity contribution in [1.82, 2.24) is 5.43 Å². The number of hydrogen-bond donors (Lipinski definition) is 1. The van der Waals surface area contributed by atoms with E-state index in [-0.39, 0.29) is 5.91 Å².